The number of rotatable bonds is 1. The minimum atomic E-state index is -3.21. The zero-order valence-electron chi connectivity index (χ0n) is 10.3. The van der Waals surface area contributed by atoms with Crippen LogP contribution in [0.4, 0.5) is 4.39 Å². The Morgan fingerprint density at radius 3 is 2.70 bits per heavy atom. The fourth-order valence-electron chi connectivity index (χ4n) is 2.51. The Morgan fingerprint density at radius 2 is 2.05 bits per heavy atom. The smallest absolute Gasteiger partial charge is 0.307 e. The van der Waals surface area contributed by atoms with Crippen molar-refractivity contribution in [1.29, 1.82) is 0 Å². The maximum absolute atomic E-state index is 13.1. The van der Waals surface area contributed by atoms with Crippen LogP contribution in [0.25, 0.3) is 10.9 Å². The Labute approximate surface area is 112 Å². The van der Waals surface area contributed by atoms with Crippen molar-refractivity contribution in [3.63, 3.8) is 0 Å². The number of H-pyrrole nitrogens is 1. The van der Waals surface area contributed by atoms with Crippen molar-refractivity contribution >= 4 is 20.7 Å². The molecule has 1 saturated heterocycles. The van der Waals surface area contributed by atoms with Gasteiger partial charge in [-0.2, -0.15) is 0 Å². The lowest BCUT2D eigenvalue weighted by Crippen LogP contribution is -2.38. The predicted octanol–water partition coefficient (Wildman–Crippen LogP) is 0.188. The van der Waals surface area contributed by atoms with Crippen molar-refractivity contribution in [3.05, 3.63) is 44.9 Å². The van der Waals surface area contributed by atoms with Crippen LogP contribution in [0.1, 0.15) is 12.5 Å². The Kier molecular flexibility index (Phi) is 2.79. The molecule has 0 radical (unpaired) electrons. The number of benzene rings is 1. The van der Waals surface area contributed by atoms with Gasteiger partial charge in [0.2, 0.25) is 0 Å². The van der Waals surface area contributed by atoms with E-state index in [0.29, 0.717) is 0 Å². The third-order valence-corrected chi connectivity index (χ3v) is 5.22. The fraction of sp³-hybridized carbons (Fsp3) is 0.333. The first-order valence-electron chi connectivity index (χ1n) is 6.02. The van der Waals surface area contributed by atoms with Crippen LogP contribution in [0.15, 0.2) is 27.8 Å². The van der Waals surface area contributed by atoms with E-state index >= 15 is 0 Å². The highest BCUT2D eigenvalue weighted by Gasteiger charge is 2.31. The van der Waals surface area contributed by atoms with Gasteiger partial charge in [0.1, 0.15) is 5.82 Å². The molecule has 0 amide bonds. The Balaban J connectivity index is 2.25. The molecule has 20 heavy (non-hydrogen) atoms. The number of hydrogen-bond donors (Lipinski definition) is 1. The molecule has 0 aliphatic carbocycles. The number of halogens is 1. The van der Waals surface area contributed by atoms with Crippen molar-refractivity contribution in [2.75, 3.05) is 11.5 Å². The van der Waals surface area contributed by atoms with Crippen molar-refractivity contribution in [3.8, 4) is 0 Å². The van der Waals surface area contributed by atoms with E-state index < -0.39 is 32.9 Å². The summed E-state index contributed by atoms with van der Waals surface area (Å²) in [5.41, 5.74) is -1.20. The van der Waals surface area contributed by atoms with Crippen LogP contribution < -0.4 is 11.2 Å². The van der Waals surface area contributed by atoms with Gasteiger partial charge in [-0.25, -0.2) is 17.6 Å². The average Bonchev–Trinajstić information content (AvgIpc) is 2.69. The zero-order chi connectivity index (χ0) is 14.5. The third kappa shape index (κ3) is 2.05. The molecule has 1 atom stereocenters. The minimum Gasteiger partial charge on any atom is -0.307 e. The number of nitrogens with one attached hydrogen (secondary N) is 1. The molecule has 0 bridgehead atoms. The van der Waals surface area contributed by atoms with Gasteiger partial charge in [-0.1, -0.05) is 0 Å². The SMILES string of the molecule is O=c1[nH]c2cc(F)ccc2c(=O)n1C1CCS(=O)(=O)C1. The molecule has 1 aromatic carbocycles. The van der Waals surface area contributed by atoms with Gasteiger partial charge in [0, 0.05) is 0 Å². The normalized spacial score (nSPS) is 21.4. The van der Waals surface area contributed by atoms with Gasteiger partial charge in [-0.3, -0.25) is 9.36 Å². The number of fused-ring (bicyclic) bond motifs is 1. The van der Waals surface area contributed by atoms with Gasteiger partial charge in [-0.05, 0) is 24.6 Å². The van der Waals surface area contributed by atoms with Gasteiger partial charge >= 0.3 is 5.69 Å². The Bertz CT molecular complexity index is 913. The van der Waals surface area contributed by atoms with E-state index in [1.807, 2.05) is 0 Å². The molecule has 8 heteroatoms. The van der Waals surface area contributed by atoms with E-state index in [-0.39, 0.29) is 28.8 Å². The van der Waals surface area contributed by atoms with Gasteiger partial charge in [-0.15, -0.1) is 0 Å². The summed E-state index contributed by atoms with van der Waals surface area (Å²) in [6.45, 7) is 0. The van der Waals surface area contributed by atoms with Gasteiger partial charge in [0.25, 0.3) is 5.56 Å². The summed E-state index contributed by atoms with van der Waals surface area (Å²) in [5.74, 6) is -0.818. The first-order chi connectivity index (χ1) is 9.37. The lowest BCUT2D eigenvalue weighted by molar-refractivity contribution is 0.517. The molecule has 2 aromatic rings. The summed E-state index contributed by atoms with van der Waals surface area (Å²) in [6.07, 6.45) is 0.234. The van der Waals surface area contributed by atoms with Crippen molar-refractivity contribution < 1.29 is 12.8 Å². The minimum absolute atomic E-state index is 0.0367. The Hall–Kier alpha value is -1.96. The molecule has 3 rings (SSSR count). The molecule has 2 heterocycles. The van der Waals surface area contributed by atoms with E-state index in [4.69, 9.17) is 0 Å². The molecule has 1 aliphatic rings. The summed E-state index contributed by atoms with van der Waals surface area (Å²) >= 11 is 0. The van der Waals surface area contributed by atoms with Crippen LogP contribution >= 0.6 is 0 Å². The first-order valence-corrected chi connectivity index (χ1v) is 7.84. The second-order valence-corrected chi connectivity index (χ2v) is 7.08. The summed E-state index contributed by atoms with van der Waals surface area (Å²) in [5, 5.41) is 0.162. The van der Waals surface area contributed by atoms with E-state index in [0.717, 1.165) is 16.7 Å². The van der Waals surface area contributed by atoms with Crippen LogP contribution in [0, 0.1) is 5.82 Å². The zero-order valence-corrected chi connectivity index (χ0v) is 11.1. The lowest BCUT2D eigenvalue weighted by Gasteiger charge is -2.11. The van der Waals surface area contributed by atoms with Crippen LogP contribution in [-0.2, 0) is 9.84 Å². The van der Waals surface area contributed by atoms with Gasteiger partial charge < -0.3 is 4.98 Å². The maximum Gasteiger partial charge on any atom is 0.329 e. The number of aromatic nitrogens is 2. The summed E-state index contributed by atoms with van der Waals surface area (Å²) in [6, 6.07) is 2.81. The standard InChI is InChI=1S/C12H11FN2O4S/c13-7-1-2-9-10(5-7)14-12(17)15(11(9)16)8-3-4-20(18,19)6-8/h1-2,5,8H,3-4,6H2,(H,14,17). The molecule has 6 nitrogen and oxygen atoms in total. The molecule has 106 valence electrons. The van der Waals surface area contributed by atoms with E-state index in [1.54, 1.807) is 0 Å². The quantitative estimate of drug-likeness (QED) is 0.814. The number of sulfone groups is 1. The molecule has 1 aromatic heterocycles. The summed E-state index contributed by atoms with van der Waals surface area (Å²) in [4.78, 5) is 26.7. The molecule has 1 N–H and O–H groups in total. The van der Waals surface area contributed by atoms with Crippen LogP contribution in [0.5, 0.6) is 0 Å². The van der Waals surface area contributed by atoms with E-state index in [9.17, 15) is 22.4 Å². The monoisotopic (exact) mass is 298 g/mol. The van der Waals surface area contributed by atoms with Crippen molar-refractivity contribution in [1.82, 2.24) is 9.55 Å². The Morgan fingerprint density at radius 1 is 1.30 bits per heavy atom. The average molecular weight is 298 g/mol. The molecule has 0 saturated carbocycles. The number of nitrogens with zero attached hydrogens (tertiary/aromatic N) is 1. The van der Waals surface area contributed by atoms with E-state index in [1.165, 1.54) is 6.07 Å². The molecule has 1 fully saturated rings. The van der Waals surface area contributed by atoms with Crippen LogP contribution in [0.2, 0.25) is 0 Å². The van der Waals surface area contributed by atoms with Crippen LogP contribution in [-0.4, -0.2) is 29.5 Å². The number of aromatic amines is 1. The summed E-state index contributed by atoms with van der Waals surface area (Å²) in [7, 11) is -3.21. The van der Waals surface area contributed by atoms with Gasteiger partial charge in [0.05, 0.1) is 28.5 Å². The molecule has 1 unspecified atom stereocenters. The van der Waals surface area contributed by atoms with Crippen LogP contribution in [0.3, 0.4) is 0 Å². The number of hydrogen-bond acceptors (Lipinski definition) is 4. The van der Waals surface area contributed by atoms with Gasteiger partial charge in [0.15, 0.2) is 9.84 Å². The molecular weight excluding hydrogens is 287 g/mol. The predicted molar refractivity (Wildman–Crippen MR) is 71.1 cm³/mol. The second kappa shape index (κ2) is 4.27. The third-order valence-electron chi connectivity index (χ3n) is 3.46. The summed E-state index contributed by atoms with van der Waals surface area (Å²) < 4.78 is 37.0. The highest BCUT2D eigenvalue weighted by molar-refractivity contribution is 7.91. The molecule has 1 aliphatic heterocycles. The largest absolute Gasteiger partial charge is 0.329 e. The van der Waals surface area contributed by atoms with Crippen molar-refractivity contribution in [2.24, 2.45) is 0 Å². The fourth-order valence-corrected chi connectivity index (χ4v) is 4.21. The molecule has 0 spiro atoms. The molecular formula is C12H11FN2O4S. The highest BCUT2D eigenvalue weighted by atomic mass is 32.2. The lowest BCUT2D eigenvalue weighted by atomic mass is 10.2. The maximum atomic E-state index is 13.1. The highest BCUT2D eigenvalue weighted by Crippen LogP contribution is 2.21. The van der Waals surface area contributed by atoms with Crippen molar-refractivity contribution in [2.45, 2.75) is 12.5 Å². The topological polar surface area (TPSA) is 89.0 Å². The second-order valence-electron chi connectivity index (χ2n) is 4.85. The van der Waals surface area contributed by atoms with E-state index in [2.05, 4.69) is 4.98 Å². The first kappa shape index (κ1) is 13.0.